The molecule has 11 heteroatoms. The molecule has 0 spiro atoms. The number of halogens is 3. The number of carboxylic acid groups (broad SMARTS) is 1. The molecule has 0 aromatic heterocycles. The van der Waals surface area contributed by atoms with E-state index in [4.69, 9.17) is 5.11 Å². The number of nitrogens with one attached hydrogen (secondary N) is 1. The Labute approximate surface area is 117 Å². The summed E-state index contributed by atoms with van der Waals surface area (Å²) in [5.74, 6) is 0. The predicted octanol–water partition coefficient (Wildman–Crippen LogP) is 1.23. The van der Waals surface area contributed by atoms with Gasteiger partial charge in [0.1, 0.15) is 0 Å². The molecule has 0 fully saturated rings. The summed E-state index contributed by atoms with van der Waals surface area (Å²) in [7, 11) is -4.36. The lowest BCUT2D eigenvalue weighted by atomic mass is 10.0. The van der Waals surface area contributed by atoms with Crippen molar-refractivity contribution in [1.29, 1.82) is 0 Å². The lowest BCUT2D eigenvalue weighted by Crippen LogP contribution is -2.32. The Morgan fingerprint density at radius 2 is 2.05 bits per heavy atom. The second-order valence-electron chi connectivity index (χ2n) is 3.90. The van der Waals surface area contributed by atoms with Gasteiger partial charge in [0, 0.05) is 0 Å². The maximum absolute atomic E-state index is 12.6. The van der Waals surface area contributed by atoms with Gasteiger partial charge in [0.2, 0.25) is 0 Å². The van der Waals surface area contributed by atoms with Crippen LogP contribution in [-0.4, -0.2) is 26.2 Å². The summed E-state index contributed by atoms with van der Waals surface area (Å²) in [4.78, 5) is 10.6. The number of amides is 1. The summed E-state index contributed by atoms with van der Waals surface area (Å²) in [5.41, 5.74) is -1.12. The molecule has 118 valence electrons. The van der Waals surface area contributed by atoms with Gasteiger partial charge in [-0.2, -0.15) is 21.6 Å². The van der Waals surface area contributed by atoms with E-state index in [0.29, 0.717) is 6.07 Å². The first-order chi connectivity index (χ1) is 9.49. The van der Waals surface area contributed by atoms with Crippen LogP contribution in [0.5, 0.6) is 0 Å². The van der Waals surface area contributed by atoms with Crippen molar-refractivity contribution < 1.29 is 35.7 Å². The minimum atomic E-state index is -4.62. The number of nitrogens with two attached hydrogens (primary N) is 1. The fourth-order valence-electron chi connectivity index (χ4n) is 1.46. The molecule has 0 radical (unpaired) electrons. The molecular formula is C10H11F3N2O5S. The molecule has 7 nitrogen and oxygen atoms in total. The molecule has 0 aliphatic carbocycles. The molecular weight excluding hydrogens is 317 g/mol. The maximum Gasteiger partial charge on any atom is 0.416 e. The van der Waals surface area contributed by atoms with E-state index in [1.807, 2.05) is 5.32 Å². The van der Waals surface area contributed by atoms with Crippen LogP contribution >= 0.6 is 0 Å². The average molecular weight is 328 g/mol. The van der Waals surface area contributed by atoms with Crippen LogP contribution in [0.2, 0.25) is 0 Å². The maximum atomic E-state index is 12.6. The quantitative estimate of drug-likeness (QED) is 0.751. The number of carbonyl (C=O) groups is 1. The third kappa shape index (κ3) is 5.97. The van der Waals surface area contributed by atoms with E-state index >= 15 is 0 Å². The molecule has 1 aromatic rings. The predicted molar refractivity (Wildman–Crippen MR) is 64.4 cm³/mol. The highest BCUT2D eigenvalue weighted by Crippen LogP contribution is 2.30. The van der Waals surface area contributed by atoms with Crippen molar-refractivity contribution in [1.82, 2.24) is 5.32 Å². The van der Waals surface area contributed by atoms with E-state index in [0.717, 1.165) is 12.1 Å². The zero-order valence-corrected chi connectivity index (χ0v) is 11.1. The molecule has 1 atom stereocenters. The van der Waals surface area contributed by atoms with E-state index in [1.54, 1.807) is 0 Å². The van der Waals surface area contributed by atoms with Crippen LogP contribution in [0.25, 0.3) is 0 Å². The Kier molecular flexibility index (Phi) is 5.15. The Balaban J connectivity index is 3.05. The van der Waals surface area contributed by atoms with E-state index in [-0.39, 0.29) is 5.56 Å². The first kappa shape index (κ1) is 17.2. The normalized spacial score (nSPS) is 13.7. The molecule has 1 rings (SSSR count). The largest absolute Gasteiger partial charge is 0.465 e. The highest BCUT2D eigenvalue weighted by Gasteiger charge is 2.31. The summed E-state index contributed by atoms with van der Waals surface area (Å²) in [6.07, 6.45) is -6.18. The molecule has 4 N–H and O–H groups in total. The topological polar surface area (TPSA) is 119 Å². The van der Waals surface area contributed by atoms with Gasteiger partial charge in [-0.25, -0.2) is 9.93 Å². The smallest absolute Gasteiger partial charge is 0.416 e. The van der Waals surface area contributed by atoms with Gasteiger partial charge in [-0.3, -0.25) is 4.18 Å². The van der Waals surface area contributed by atoms with E-state index < -0.39 is 40.8 Å². The summed E-state index contributed by atoms with van der Waals surface area (Å²) >= 11 is 0. The number of rotatable bonds is 5. The van der Waals surface area contributed by atoms with E-state index in [9.17, 15) is 26.4 Å². The lowest BCUT2D eigenvalue weighted by Gasteiger charge is -2.18. The molecule has 0 aliphatic heterocycles. The molecule has 1 amide bonds. The lowest BCUT2D eigenvalue weighted by molar-refractivity contribution is -0.137. The first-order valence-corrected chi connectivity index (χ1v) is 6.80. The van der Waals surface area contributed by atoms with Crippen LogP contribution < -0.4 is 10.5 Å². The summed E-state index contributed by atoms with van der Waals surface area (Å²) in [6, 6.07) is 2.41. The summed E-state index contributed by atoms with van der Waals surface area (Å²) < 4.78 is 63.3. The van der Waals surface area contributed by atoms with E-state index in [1.165, 1.54) is 6.07 Å². The zero-order chi connectivity index (χ0) is 16.3. The Bertz CT molecular complexity index is 617. The van der Waals surface area contributed by atoms with Gasteiger partial charge in [0.05, 0.1) is 18.2 Å². The van der Waals surface area contributed by atoms with Gasteiger partial charge >= 0.3 is 22.6 Å². The standard InChI is InChI=1S/C10H11F3N2O5S/c11-10(12,13)7-3-1-2-6(4-7)8(15-9(16)17)5-20-21(14,18)19/h1-4,8,15H,5H2,(H,16,17)(H2,14,18,19). The van der Waals surface area contributed by atoms with Gasteiger partial charge in [0.25, 0.3) is 0 Å². The number of hydrogen-bond acceptors (Lipinski definition) is 4. The molecule has 0 aliphatic rings. The van der Waals surface area contributed by atoms with Gasteiger partial charge in [-0.15, -0.1) is 0 Å². The van der Waals surface area contributed by atoms with Crippen LogP contribution in [0.3, 0.4) is 0 Å². The molecule has 1 unspecified atom stereocenters. The van der Waals surface area contributed by atoms with Crippen molar-refractivity contribution in [3.05, 3.63) is 35.4 Å². The number of hydrogen-bond donors (Lipinski definition) is 3. The second kappa shape index (κ2) is 6.28. The SMILES string of the molecule is NS(=O)(=O)OCC(NC(=O)O)c1cccc(C(F)(F)F)c1. The Morgan fingerprint density at radius 3 is 2.52 bits per heavy atom. The number of alkyl halides is 3. The van der Waals surface area contributed by atoms with Crippen molar-refractivity contribution >= 4 is 16.4 Å². The average Bonchev–Trinajstić information content (AvgIpc) is 2.32. The zero-order valence-electron chi connectivity index (χ0n) is 10.3. The molecule has 0 saturated heterocycles. The monoisotopic (exact) mass is 328 g/mol. The molecule has 1 aromatic carbocycles. The van der Waals surface area contributed by atoms with Gasteiger partial charge in [-0.1, -0.05) is 12.1 Å². The van der Waals surface area contributed by atoms with Crippen molar-refractivity contribution in [2.45, 2.75) is 12.2 Å². The van der Waals surface area contributed by atoms with Crippen molar-refractivity contribution in [2.75, 3.05) is 6.61 Å². The summed E-state index contributed by atoms with van der Waals surface area (Å²) in [6.45, 7) is -0.771. The minimum absolute atomic E-state index is 0.115. The minimum Gasteiger partial charge on any atom is -0.465 e. The first-order valence-electron chi connectivity index (χ1n) is 5.33. The fraction of sp³-hybridized carbons (Fsp3) is 0.300. The third-order valence-corrected chi connectivity index (χ3v) is 2.78. The van der Waals surface area contributed by atoms with Gasteiger partial charge in [0.15, 0.2) is 0 Å². The van der Waals surface area contributed by atoms with Crippen LogP contribution in [0.1, 0.15) is 17.2 Å². The van der Waals surface area contributed by atoms with Crippen LogP contribution in [0, 0.1) is 0 Å². The van der Waals surface area contributed by atoms with Crippen molar-refractivity contribution in [2.24, 2.45) is 5.14 Å². The van der Waals surface area contributed by atoms with Crippen LogP contribution in [0.4, 0.5) is 18.0 Å². The van der Waals surface area contributed by atoms with Gasteiger partial charge < -0.3 is 10.4 Å². The third-order valence-electron chi connectivity index (χ3n) is 2.31. The van der Waals surface area contributed by atoms with E-state index in [2.05, 4.69) is 9.32 Å². The van der Waals surface area contributed by atoms with Crippen LogP contribution in [0.15, 0.2) is 24.3 Å². The highest BCUT2D eigenvalue weighted by molar-refractivity contribution is 7.84. The molecule has 0 bridgehead atoms. The highest BCUT2D eigenvalue weighted by atomic mass is 32.2. The van der Waals surface area contributed by atoms with Crippen molar-refractivity contribution in [3.8, 4) is 0 Å². The Morgan fingerprint density at radius 1 is 1.43 bits per heavy atom. The molecule has 0 saturated carbocycles. The molecule has 0 heterocycles. The van der Waals surface area contributed by atoms with Crippen LogP contribution in [-0.2, 0) is 20.7 Å². The van der Waals surface area contributed by atoms with Gasteiger partial charge in [-0.05, 0) is 17.7 Å². The summed E-state index contributed by atoms with van der Waals surface area (Å²) in [5, 5.41) is 15.1. The van der Waals surface area contributed by atoms with Crippen molar-refractivity contribution in [3.63, 3.8) is 0 Å². The number of benzene rings is 1. The fourth-order valence-corrected chi connectivity index (χ4v) is 1.79. The second-order valence-corrected chi connectivity index (χ2v) is 5.12. The molecule has 21 heavy (non-hydrogen) atoms. The Hall–Kier alpha value is -1.85.